The number of nitrogens with one attached hydrogen (secondary N) is 1. The lowest BCUT2D eigenvalue weighted by Gasteiger charge is -2.06. The number of anilines is 1. The van der Waals surface area contributed by atoms with E-state index in [1.807, 2.05) is 25.1 Å². The van der Waals surface area contributed by atoms with Crippen molar-refractivity contribution in [3.63, 3.8) is 0 Å². The monoisotopic (exact) mass is 308 g/mol. The summed E-state index contributed by atoms with van der Waals surface area (Å²) in [6, 6.07) is 13.7. The SMILES string of the molecule is COc1cc(C=C(C#N)C(=O)Nc2ccc(C)cc2)ccc1O. The number of nitriles is 1. The van der Waals surface area contributed by atoms with Gasteiger partial charge in [-0.3, -0.25) is 4.79 Å². The number of hydrogen-bond donors (Lipinski definition) is 2. The molecule has 5 nitrogen and oxygen atoms in total. The number of phenols is 1. The Morgan fingerprint density at radius 2 is 1.96 bits per heavy atom. The molecule has 2 rings (SSSR count). The van der Waals surface area contributed by atoms with E-state index in [0.29, 0.717) is 11.3 Å². The molecule has 0 saturated carbocycles. The van der Waals surface area contributed by atoms with Crippen LogP contribution >= 0.6 is 0 Å². The van der Waals surface area contributed by atoms with Gasteiger partial charge in [0.05, 0.1) is 7.11 Å². The first-order valence-corrected chi connectivity index (χ1v) is 6.90. The van der Waals surface area contributed by atoms with Gasteiger partial charge < -0.3 is 15.2 Å². The van der Waals surface area contributed by atoms with Crippen LogP contribution in [0.1, 0.15) is 11.1 Å². The van der Waals surface area contributed by atoms with Gasteiger partial charge in [-0.05, 0) is 42.8 Å². The molecule has 2 aromatic rings. The Morgan fingerprint density at radius 1 is 1.26 bits per heavy atom. The van der Waals surface area contributed by atoms with Crippen molar-refractivity contribution in [1.29, 1.82) is 5.26 Å². The van der Waals surface area contributed by atoms with Gasteiger partial charge in [0.2, 0.25) is 0 Å². The minimum atomic E-state index is -0.497. The minimum Gasteiger partial charge on any atom is -0.504 e. The van der Waals surface area contributed by atoms with Crippen molar-refractivity contribution in [2.75, 3.05) is 12.4 Å². The Kier molecular flexibility index (Phi) is 5.00. The van der Waals surface area contributed by atoms with Crippen molar-refractivity contribution in [2.45, 2.75) is 6.92 Å². The molecule has 2 aromatic carbocycles. The van der Waals surface area contributed by atoms with Crippen LogP contribution in [0.15, 0.2) is 48.0 Å². The molecule has 5 heteroatoms. The quantitative estimate of drug-likeness (QED) is 0.671. The first kappa shape index (κ1) is 16.1. The number of rotatable bonds is 4. The van der Waals surface area contributed by atoms with Gasteiger partial charge in [0.25, 0.3) is 5.91 Å². The molecule has 0 unspecified atom stereocenters. The standard InChI is InChI=1S/C18H16N2O3/c1-12-3-6-15(7-4-12)20-18(22)14(11-19)9-13-5-8-16(21)17(10-13)23-2/h3-10,21H,1-2H3,(H,20,22). The lowest BCUT2D eigenvalue weighted by atomic mass is 10.1. The number of aryl methyl sites for hydroxylation is 1. The molecule has 0 radical (unpaired) electrons. The highest BCUT2D eigenvalue weighted by atomic mass is 16.5. The average molecular weight is 308 g/mol. The topological polar surface area (TPSA) is 82.3 Å². The maximum Gasteiger partial charge on any atom is 0.266 e. The number of methoxy groups -OCH3 is 1. The van der Waals surface area contributed by atoms with E-state index in [2.05, 4.69) is 5.32 Å². The minimum absolute atomic E-state index is 0.00716. The zero-order valence-corrected chi connectivity index (χ0v) is 12.8. The van der Waals surface area contributed by atoms with Crippen molar-refractivity contribution < 1.29 is 14.6 Å². The number of nitrogens with zero attached hydrogens (tertiary/aromatic N) is 1. The summed E-state index contributed by atoms with van der Waals surface area (Å²) in [7, 11) is 1.43. The average Bonchev–Trinajstić information content (AvgIpc) is 2.56. The molecule has 2 N–H and O–H groups in total. The van der Waals surface area contributed by atoms with E-state index >= 15 is 0 Å². The van der Waals surface area contributed by atoms with Crippen LogP contribution in [-0.2, 0) is 4.79 Å². The fraction of sp³-hybridized carbons (Fsp3) is 0.111. The summed E-state index contributed by atoms with van der Waals surface area (Å²) in [4.78, 5) is 12.2. The molecular formula is C18H16N2O3. The number of phenolic OH excluding ortho intramolecular Hbond substituents is 1. The first-order chi connectivity index (χ1) is 11.0. The molecule has 0 atom stereocenters. The summed E-state index contributed by atoms with van der Waals surface area (Å²) in [5.41, 5.74) is 2.23. The Morgan fingerprint density at radius 3 is 2.57 bits per heavy atom. The summed E-state index contributed by atoms with van der Waals surface area (Å²) in [6.45, 7) is 1.95. The fourth-order valence-electron chi connectivity index (χ4n) is 1.93. The van der Waals surface area contributed by atoms with Gasteiger partial charge in [0.1, 0.15) is 11.6 Å². The largest absolute Gasteiger partial charge is 0.504 e. The van der Waals surface area contributed by atoms with Crippen molar-refractivity contribution in [2.24, 2.45) is 0 Å². The highest BCUT2D eigenvalue weighted by Crippen LogP contribution is 2.27. The van der Waals surface area contributed by atoms with E-state index in [9.17, 15) is 15.2 Å². The van der Waals surface area contributed by atoms with Crippen molar-refractivity contribution in [3.8, 4) is 17.6 Å². The normalized spacial score (nSPS) is 10.7. The lowest BCUT2D eigenvalue weighted by Crippen LogP contribution is -2.13. The number of aromatic hydroxyl groups is 1. The third-order valence-corrected chi connectivity index (χ3v) is 3.19. The highest BCUT2D eigenvalue weighted by Gasteiger charge is 2.10. The Balaban J connectivity index is 2.23. The van der Waals surface area contributed by atoms with Crippen LogP contribution in [0.3, 0.4) is 0 Å². The number of carbonyl (C=O) groups is 1. The number of benzene rings is 2. The zero-order valence-electron chi connectivity index (χ0n) is 12.8. The molecule has 0 bridgehead atoms. The van der Waals surface area contributed by atoms with E-state index in [0.717, 1.165) is 5.56 Å². The molecule has 0 saturated heterocycles. The molecular weight excluding hydrogens is 292 g/mol. The second kappa shape index (κ2) is 7.14. The Labute approximate surface area is 134 Å². The molecule has 0 aliphatic rings. The lowest BCUT2D eigenvalue weighted by molar-refractivity contribution is -0.112. The van der Waals surface area contributed by atoms with Gasteiger partial charge in [0, 0.05) is 5.69 Å². The molecule has 23 heavy (non-hydrogen) atoms. The molecule has 0 aliphatic carbocycles. The number of hydrogen-bond acceptors (Lipinski definition) is 4. The summed E-state index contributed by atoms with van der Waals surface area (Å²) >= 11 is 0. The van der Waals surface area contributed by atoms with Crippen LogP contribution in [0.25, 0.3) is 6.08 Å². The van der Waals surface area contributed by atoms with E-state index in [1.165, 1.54) is 19.3 Å². The van der Waals surface area contributed by atoms with Gasteiger partial charge in [0.15, 0.2) is 11.5 Å². The third-order valence-electron chi connectivity index (χ3n) is 3.19. The number of carbonyl (C=O) groups excluding carboxylic acids is 1. The molecule has 0 heterocycles. The summed E-state index contributed by atoms with van der Waals surface area (Å²) in [5, 5.41) is 21.4. The van der Waals surface area contributed by atoms with Crippen LogP contribution in [0.2, 0.25) is 0 Å². The van der Waals surface area contributed by atoms with Gasteiger partial charge in [-0.25, -0.2) is 0 Å². The Bertz CT molecular complexity index is 787. The predicted octanol–water partition coefficient (Wildman–Crippen LogP) is 3.25. The van der Waals surface area contributed by atoms with Crippen LogP contribution < -0.4 is 10.1 Å². The predicted molar refractivity (Wildman–Crippen MR) is 88.1 cm³/mol. The van der Waals surface area contributed by atoms with Gasteiger partial charge in [-0.15, -0.1) is 0 Å². The number of amides is 1. The van der Waals surface area contributed by atoms with Crippen LogP contribution in [0.4, 0.5) is 5.69 Å². The molecule has 116 valence electrons. The van der Waals surface area contributed by atoms with Crippen LogP contribution in [0, 0.1) is 18.3 Å². The first-order valence-electron chi connectivity index (χ1n) is 6.90. The van der Waals surface area contributed by atoms with Gasteiger partial charge >= 0.3 is 0 Å². The molecule has 0 spiro atoms. The molecule has 1 amide bonds. The molecule has 0 fully saturated rings. The summed E-state index contributed by atoms with van der Waals surface area (Å²) < 4.78 is 5.01. The van der Waals surface area contributed by atoms with Crippen molar-refractivity contribution in [3.05, 3.63) is 59.2 Å². The van der Waals surface area contributed by atoms with Crippen LogP contribution in [0.5, 0.6) is 11.5 Å². The zero-order chi connectivity index (χ0) is 16.8. The van der Waals surface area contributed by atoms with E-state index < -0.39 is 5.91 Å². The van der Waals surface area contributed by atoms with Crippen molar-refractivity contribution in [1.82, 2.24) is 0 Å². The smallest absolute Gasteiger partial charge is 0.266 e. The van der Waals surface area contributed by atoms with Crippen LogP contribution in [-0.4, -0.2) is 18.1 Å². The van der Waals surface area contributed by atoms with Gasteiger partial charge in [-0.1, -0.05) is 23.8 Å². The highest BCUT2D eigenvalue weighted by molar-refractivity contribution is 6.09. The third kappa shape index (κ3) is 4.11. The van der Waals surface area contributed by atoms with Gasteiger partial charge in [-0.2, -0.15) is 5.26 Å². The molecule has 0 aromatic heterocycles. The number of ether oxygens (including phenoxy) is 1. The van der Waals surface area contributed by atoms with E-state index in [4.69, 9.17) is 4.74 Å². The summed E-state index contributed by atoms with van der Waals surface area (Å²) in [6.07, 6.45) is 1.44. The van der Waals surface area contributed by atoms with E-state index in [1.54, 1.807) is 24.3 Å². The second-order valence-corrected chi connectivity index (χ2v) is 4.92. The fourth-order valence-corrected chi connectivity index (χ4v) is 1.93. The molecule has 0 aliphatic heterocycles. The maximum atomic E-state index is 12.2. The maximum absolute atomic E-state index is 12.2. The second-order valence-electron chi connectivity index (χ2n) is 4.92. The Hall–Kier alpha value is -3.26. The van der Waals surface area contributed by atoms with E-state index in [-0.39, 0.29) is 17.1 Å². The summed E-state index contributed by atoms with van der Waals surface area (Å²) in [5.74, 6) is -0.231. The van der Waals surface area contributed by atoms with Crippen molar-refractivity contribution >= 4 is 17.7 Å².